The van der Waals surface area contributed by atoms with E-state index in [0.717, 1.165) is 0 Å². The van der Waals surface area contributed by atoms with Crippen molar-refractivity contribution in [3.8, 4) is 0 Å². The number of hydrogen-bond acceptors (Lipinski definition) is 2. The molecule has 2 rings (SSSR count). The molecular weight excluding hydrogens is 238 g/mol. The fourth-order valence-electron chi connectivity index (χ4n) is 1.95. The molecule has 0 fully saturated rings. The molecule has 0 saturated heterocycles. The summed E-state index contributed by atoms with van der Waals surface area (Å²) in [7, 11) is 0. The Labute approximate surface area is 105 Å². The normalized spacial score (nSPS) is 15.4. The van der Waals surface area contributed by atoms with Gasteiger partial charge in [0.2, 0.25) is 0 Å². The topological polar surface area (TPSA) is 37.4 Å². The van der Waals surface area contributed by atoms with E-state index in [2.05, 4.69) is 0 Å². The number of halogens is 1. The van der Waals surface area contributed by atoms with Gasteiger partial charge in [0.05, 0.1) is 16.1 Å². The highest BCUT2D eigenvalue weighted by atomic mass is 35.5. The molecule has 0 aromatic heterocycles. The molecule has 1 heterocycles. The number of carbonyl (C=O) groups excluding carboxylic acids is 2. The van der Waals surface area contributed by atoms with Crippen molar-refractivity contribution in [1.29, 1.82) is 0 Å². The first-order valence-corrected chi connectivity index (χ1v) is 5.95. The van der Waals surface area contributed by atoms with Crippen molar-refractivity contribution in [2.75, 3.05) is 0 Å². The summed E-state index contributed by atoms with van der Waals surface area (Å²) in [5.41, 5.74) is 0.251. The van der Waals surface area contributed by atoms with Crippen molar-refractivity contribution >= 4 is 23.4 Å². The molecule has 0 unspecified atom stereocenters. The molecule has 0 saturated carbocycles. The highest BCUT2D eigenvalue weighted by molar-refractivity contribution is 6.37. The van der Waals surface area contributed by atoms with Crippen LogP contribution >= 0.6 is 11.6 Å². The molecule has 1 aliphatic rings. The minimum Gasteiger partial charge on any atom is -0.269 e. The van der Waals surface area contributed by atoms with Gasteiger partial charge in [-0.05, 0) is 32.4 Å². The lowest BCUT2D eigenvalue weighted by Gasteiger charge is -2.32. The summed E-state index contributed by atoms with van der Waals surface area (Å²) in [6.07, 6.45) is 0.704. The largest absolute Gasteiger partial charge is 0.269 e. The van der Waals surface area contributed by atoms with Crippen LogP contribution in [0.2, 0.25) is 5.02 Å². The molecule has 1 aromatic rings. The van der Waals surface area contributed by atoms with Crippen LogP contribution in [0.25, 0.3) is 0 Å². The molecule has 90 valence electrons. The molecule has 3 nitrogen and oxygen atoms in total. The van der Waals surface area contributed by atoms with Gasteiger partial charge in [-0.15, -0.1) is 0 Å². The van der Waals surface area contributed by atoms with Crippen molar-refractivity contribution in [3.05, 3.63) is 34.3 Å². The number of rotatable bonds is 2. The average molecular weight is 252 g/mol. The van der Waals surface area contributed by atoms with E-state index in [4.69, 9.17) is 11.6 Å². The Kier molecular flexibility index (Phi) is 2.74. The number of amides is 2. The van der Waals surface area contributed by atoms with Crippen molar-refractivity contribution in [2.45, 2.75) is 32.7 Å². The highest BCUT2D eigenvalue weighted by Gasteiger charge is 2.44. The minimum absolute atomic E-state index is 0.251. The van der Waals surface area contributed by atoms with E-state index in [1.54, 1.807) is 18.2 Å². The summed E-state index contributed by atoms with van der Waals surface area (Å²) < 4.78 is 0. The summed E-state index contributed by atoms with van der Waals surface area (Å²) in [6, 6.07) is 4.97. The van der Waals surface area contributed by atoms with E-state index in [1.165, 1.54) is 4.90 Å². The third kappa shape index (κ3) is 1.65. The van der Waals surface area contributed by atoms with Crippen molar-refractivity contribution in [3.63, 3.8) is 0 Å². The molecule has 1 aromatic carbocycles. The van der Waals surface area contributed by atoms with Gasteiger partial charge >= 0.3 is 0 Å². The molecular formula is C13H14ClNO2. The standard InChI is InChI=1S/C13H14ClNO2/c1-4-13(2,3)15-11(16)8-6-5-7-9(14)10(8)12(15)17/h5-7H,4H2,1-3H3. The fraction of sp³-hybridized carbons (Fsp3) is 0.385. The highest BCUT2D eigenvalue weighted by Crippen LogP contribution is 2.34. The average Bonchev–Trinajstić information content (AvgIpc) is 2.53. The van der Waals surface area contributed by atoms with Gasteiger partial charge < -0.3 is 0 Å². The van der Waals surface area contributed by atoms with Gasteiger partial charge in [-0.3, -0.25) is 14.5 Å². The molecule has 0 N–H and O–H groups in total. The van der Waals surface area contributed by atoms with Crippen LogP contribution < -0.4 is 0 Å². The van der Waals surface area contributed by atoms with Gasteiger partial charge in [-0.1, -0.05) is 24.6 Å². The number of fused-ring (bicyclic) bond motifs is 1. The van der Waals surface area contributed by atoms with Gasteiger partial charge in [0.25, 0.3) is 11.8 Å². The second-order valence-corrected chi connectivity index (χ2v) is 5.18. The lowest BCUT2D eigenvalue weighted by molar-refractivity contribution is 0.0474. The van der Waals surface area contributed by atoms with Gasteiger partial charge in [0.15, 0.2) is 0 Å². The maximum absolute atomic E-state index is 12.3. The lowest BCUT2D eigenvalue weighted by Crippen LogP contribution is -2.47. The molecule has 0 aliphatic carbocycles. The monoisotopic (exact) mass is 251 g/mol. The fourth-order valence-corrected chi connectivity index (χ4v) is 2.21. The second-order valence-electron chi connectivity index (χ2n) is 4.77. The maximum atomic E-state index is 12.3. The van der Waals surface area contributed by atoms with Crippen LogP contribution in [0.1, 0.15) is 47.9 Å². The Hall–Kier alpha value is -1.35. The van der Waals surface area contributed by atoms with Gasteiger partial charge in [-0.2, -0.15) is 0 Å². The van der Waals surface area contributed by atoms with Crippen LogP contribution in [-0.4, -0.2) is 22.3 Å². The summed E-state index contributed by atoms with van der Waals surface area (Å²) >= 11 is 5.99. The number of imide groups is 1. The van der Waals surface area contributed by atoms with E-state index < -0.39 is 5.54 Å². The van der Waals surface area contributed by atoms with Crippen LogP contribution in [0, 0.1) is 0 Å². The molecule has 0 bridgehead atoms. The predicted octanol–water partition coefficient (Wildman–Crippen LogP) is 3.12. The summed E-state index contributed by atoms with van der Waals surface area (Å²) in [4.78, 5) is 25.8. The van der Waals surface area contributed by atoms with Crippen LogP contribution in [0.15, 0.2) is 18.2 Å². The Morgan fingerprint density at radius 2 is 1.88 bits per heavy atom. The molecule has 2 amide bonds. The first kappa shape index (κ1) is 12.1. The third-order valence-electron chi connectivity index (χ3n) is 3.33. The van der Waals surface area contributed by atoms with Crippen LogP contribution in [0.3, 0.4) is 0 Å². The van der Waals surface area contributed by atoms with Crippen LogP contribution in [0.4, 0.5) is 0 Å². The minimum atomic E-state index is -0.490. The van der Waals surface area contributed by atoms with E-state index in [9.17, 15) is 9.59 Å². The van der Waals surface area contributed by atoms with Crippen molar-refractivity contribution in [2.24, 2.45) is 0 Å². The Morgan fingerprint density at radius 1 is 1.24 bits per heavy atom. The summed E-state index contributed by atoms with van der Waals surface area (Å²) in [6.45, 7) is 5.70. The zero-order chi connectivity index (χ0) is 12.8. The van der Waals surface area contributed by atoms with E-state index >= 15 is 0 Å². The third-order valence-corrected chi connectivity index (χ3v) is 3.65. The van der Waals surface area contributed by atoms with E-state index in [1.807, 2.05) is 20.8 Å². The molecule has 17 heavy (non-hydrogen) atoms. The quantitative estimate of drug-likeness (QED) is 0.758. The Balaban J connectivity index is 2.57. The van der Waals surface area contributed by atoms with Crippen molar-refractivity contribution < 1.29 is 9.59 Å². The molecule has 1 aliphatic heterocycles. The second kappa shape index (κ2) is 3.84. The smallest absolute Gasteiger partial charge is 0.263 e. The van der Waals surface area contributed by atoms with E-state index in [-0.39, 0.29) is 11.8 Å². The molecule has 0 spiro atoms. The number of nitrogens with zero attached hydrogens (tertiary/aromatic N) is 1. The van der Waals surface area contributed by atoms with Crippen molar-refractivity contribution in [1.82, 2.24) is 4.90 Å². The van der Waals surface area contributed by atoms with Gasteiger partial charge in [0.1, 0.15) is 0 Å². The number of hydrogen-bond donors (Lipinski definition) is 0. The molecule has 0 radical (unpaired) electrons. The Morgan fingerprint density at radius 3 is 2.41 bits per heavy atom. The van der Waals surface area contributed by atoms with Gasteiger partial charge in [-0.25, -0.2) is 0 Å². The van der Waals surface area contributed by atoms with E-state index in [0.29, 0.717) is 22.6 Å². The zero-order valence-electron chi connectivity index (χ0n) is 10.1. The first-order valence-electron chi connectivity index (χ1n) is 5.57. The van der Waals surface area contributed by atoms with Gasteiger partial charge in [0, 0.05) is 5.54 Å². The number of carbonyl (C=O) groups is 2. The Bertz CT molecular complexity index is 508. The summed E-state index contributed by atoms with van der Waals surface area (Å²) in [5, 5.41) is 0.343. The molecule has 4 heteroatoms. The van der Waals surface area contributed by atoms with Crippen LogP contribution in [-0.2, 0) is 0 Å². The first-order chi connectivity index (χ1) is 7.90. The van der Waals surface area contributed by atoms with Crippen LogP contribution in [0.5, 0.6) is 0 Å². The number of benzene rings is 1. The summed E-state index contributed by atoms with van der Waals surface area (Å²) in [5.74, 6) is -0.540. The lowest BCUT2D eigenvalue weighted by atomic mass is 9.99. The maximum Gasteiger partial charge on any atom is 0.263 e. The SMILES string of the molecule is CCC(C)(C)N1C(=O)c2cccc(Cl)c2C1=O. The predicted molar refractivity (Wildman–Crippen MR) is 66.3 cm³/mol. The zero-order valence-corrected chi connectivity index (χ0v) is 10.8. The molecule has 0 atom stereocenters.